The topological polar surface area (TPSA) is 109 Å². The number of nitrogens with one attached hydrogen (secondary N) is 2. The van der Waals surface area contributed by atoms with E-state index in [1.54, 1.807) is 0 Å². The van der Waals surface area contributed by atoms with Gasteiger partial charge in [-0.15, -0.1) is 0 Å². The Morgan fingerprint density at radius 1 is 0.317 bits per heavy atom. The first kappa shape index (κ1) is 23.7. The fourth-order valence-corrected chi connectivity index (χ4v) is 5.59. The monoisotopic (exact) mass is 706 g/mol. The van der Waals surface area contributed by atoms with Gasteiger partial charge in [0.2, 0.25) is 0 Å². The molecule has 2 aliphatic rings. The average molecular weight is 705 g/mol. The number of fused-ring (bicyclic) bond motifs is 20. The summed E-state index contributed by atoms with van der Waals surface area (Å²) < 4.78 is 0. The molecular formula is C32H18N8Os. The first-order valence-corrected chi connectivity index (χ1v) is 13.0. The second-order valence-corrected chi connectivity index (χ2v) is 9.79. The van der Waals surface area contributed by atoms with Gasteiger partial charge >= 0.3 is 0 Å². The molecule has 5 heterocycles. The minimum atomic E-state index is 0. The van der Waals surface area contributed by atoms with Crippen molar-refractivity contribution in [2.45, 2.75) is 0 Å². The quantitative estimate of drug-likeness (QED) is 0.179. The van der Waals surface area contributed by atoms with E-state index in [0.29, 0.717) is 45.9 Å². The van der Waals surface area contributed by atoms with Crippen molar-refractivity contribution in [3.8, 4) is 45.6 Å². The predicted molar refractivity (Wildman–Crippen MR) is 156 cm³/mol. The van der Waals surface area contributed by atoms with Gasteiger partial charge in [0.15, 0.2) is 23.3 Å². The van der Waals surface area contributed by atoms with Gasteiger partial charge in [-0.1, -0.05) is 97.1 Å². The normalized spacial score (nSPS) is 11.7. The van der Waals surface area contributed by atoms with Crippen molar-refractivity contribution in [2.24, 2.45) is 0 Å². The summed E-state index contributed by atoms with van der Waals surface area (Å²) in [5.74, 6) is 2.39. The molecule has 3 aromatic heterocycles. The van der Waals surface area contributed by atoms with Gasteiger partial charge in [-0.05, 0) is 0 Å². The maximum absolute atomic E-state index is 5.02. The second-order valence-electron chi connectivity index (χ2n) is 9.79. The zero-order chi connectivity index (χ0) is 26.2. The third-order valence-electron chi connectivity index (χ3n) is 7.46. The molecule has 0 saturated carbocycles. The zero-order valence-corrected chi connectivity index (χ0v) is 23.8. The van der Waals surface area contributed by atoms with E-state index in [2.05, 4.69) is 9.97 Å². The van der Waals surface area contributed by atoms with Crippen LogP contribution in [0.25, 0.3) is 89.7 Å². The maximum atomic E-state index is 5.02. The van der Waals surface area contributed by atoms with Crippen LogP contribution in [0.5, 0.6) is 0 Å². The molecule has 2 N–H and O–H groups in total. The van der Waals surface area contributed by atoms with Crippen LogP contribution in [0, 0.1) is 0 Å². The molecule has 8 bridgehead atoms. The van der Waals surface area contributed by atoms with E-state index < -0.39 is 0 Å². The van der Waals surface area contributed by atoms with E-state index in [1.165, 1.54) is 0 Å². The third-order valence-corrected chi connectivity index (χ3v) is 7.46. The van der Waals surface area contributed by atoms with Gasteiger partial charge in [0.25, 0.3) is 0 Å². The van der Waals surface area contributed by atoms with Gasteiger partial charge in [-0.3, -0.25) is 0 Å². The fourth-order valence-electron chi connectivity index (χ4n) is 5.59. The SMILES string of the molecule is [Os].c1ccc2c(c1)-c1nc-2nc2[nH]c(nc3nc(nc4[nH]c(n1)c1ccccc41)-c1ccccc1-3)c1ccccc21. The van der Waals surface area contributed by atoms with Gasteiger partial charge in [0, 0.05) is 63.6 Å². The summed E-state index contributed by atoms with van der Waals surface area (Å²) in [4.78, 5) is 36.8. The molecule has 0 spiro atoms. The van der Waals surface area contributed by atoms with Crippen LogP contribution in [0.4, 0.5) is 0 Å². The molecule has 0 atom stereocenters. The Balaban J connectivity index is 0.00000256. The standard InChI is InChI=1S/C32H18N8.Os/c1-2-10-18-17(9-1)25-33-26(18)38-28-21-13-5-6-14-22(21)30(35-28)40-32-24-16-8-7-15-23(24)31(36-32)39-29-20-12-4-3-11-19(20)27(34-29)37-25;/h1-16H,(H2,33,34,35,36,37,38,39,40);. The molecule has 7 aromatic rings. The van der Waals surface area contributed by atoms with Crippen molar-refractivity contribution < 1.29 is 19.8 Å². The zero-order valence-electron chi connectivity index (χ0n) is 21.3. The number of rotatable bonds is 0. The molecule has 0 aliphatic carbocycles. The second kappa shape index (κ2) is 8.95. The molecule has 0 fully saturated rings. The fraction of sp³-hybridized carbons (Fsp3) is 0. The van der Waals surface area contributed by atoms with Gasteiger partial charge < -0.3 is 9.97 Å². The van der Waals surface area contributed by atoms with Crippen LogP contribution in [0.1, 0.15) is 0 Å². The van der Waals surface area contributed by atoms with Crippen molar-refractivity contribution in [1.29, 1.82) is 0 Å². The molecule has 9 rings (SSSR count). The molecular weight excluding hydrogens is 687 g/mol. The number of aromatic nitrogens is 8. The Morgan fingerprint density at radius 2 is 0.561 bits per heavy atom. The van der Waals surface area contributed by atoms with E-state index in [-0.39, 0.29) is 19.8 Å². The van der Waals surface area contributed by atoms with Crippen molar-refractivity contribution in [2.75, 3.05) is 0 Å². The van der Waals surface area contributed by atoms with E-state index in [9.17, 15) is 0 Å². The van der Waals surface area contributed by atoms with Gasteiger partial charge in [0.05, 0.1) is 0 Å². The molecule has 8 nitrogen and oxygen atoms in total. The van der Waals surface area contributed by atoms with E-state index in [1.807, 2.05) is 97.1 Å². The van der Waals surface area contributed by atoms with E-state index >= 15 is 0 Å². The van der Waals surface area contributed by atoms with Crippen molar-refractivity contribution in [1.82, 2.24) is 39.9 Å². The van der Waals surface area contributed by atoms with Crippen LogP contribution in [0.2, 0.25) is 0 Å². The third kappa shape index (κ3) is 3.56. The Hall–Kier alpha value is -5.12. The molecule has 0 saturated heterocycles. The summed E-state index contributed by atoms with van der Waals surface area (Å²) in [6.45, 7) is 0. The smallest absolute Gasteiger partial charge is 0.164 e. The van der Waals surface area contributed by atoms with Crippen LogP contribution >= 0.6 is 0 Å². The van der Waals surface area contributed by atoms with Crippen molar-refractivity contribution >= 4 is 44.1 Å². The summed E-state index contributed by atoms with van der Waals surface area (Å²) in [7, 11) is 0. The number of hydrogen-bond acceptors (Lipinski definition) is 6. The average Bonchev–Trinajstić information content (AvgIpc) is 3.73. The molecule has 4 aromatic carbocycles. The van der Waals surface area contributed by atoms with Crippen molar-refractivity contribution in [3.63, 3.8) is 0 Å². The summed E-state index contributed by atoms with van der Waals surface area (Å²) in [5.41, 5.74) is 6.45. The Bertz CT molecular complexity index is 2030. The molecule has 2 aliphatic heterocycles. The van der Waals surface area contributed by atoms with Gasteiger partial charge in [-0.2, -0.15) is 0 Å². The Morgan fingerprint density at radius 3 is 0.829 bits per heavy atom. The maximum Gasteiger partial charge on any atom is 0.164 e. The molecule has 0 amide bonds. The van der Waals surface area contributed by atoms with Gasteiger partial charge in [0.1, 0.15) is 22.6 Å². The minimum absolute atomic E-state index is 0. The number of aromatic amines is 2. The molecule has 41 heavy (non-hydrogen) atoms. The summed E-state index contributed by atoms with van der Waals surface area (Å²) in [6, 6.07) is 32.2. The van der Waals surface area contributed by atoms with E-state index in [0.717, 1.165) is 43.8 Å². The van der Waals surface area contributed by atoms with Gasteiger partial charge in [-0.25, -0.2) is 29.9 Å². The molecule has 194 valence electrons. The van der Waals surface area contributed by atoms with Crippen molar-refractivity contribution in [3.05, 3.63) is 97.1 Å². The minimum Gasteiger partial charge on any atom is -0.324 e. The van der Waals surface area contributed by atoms with Crippen LogP contribution in [0.15, 0.2) is 97.1 Å². The predicted octanol–water partition coefficient (Wildman–Crippen LogP) is 6.87. The molecule has 0 unspecified atom stereocenters. The number of H-pyrrole nitrogens is 2. The summed E-state index contributed by atoms with van der Waals surface area (Å²) >= 11 is 0. The molecule has 9 heteroatoms. The van der Waals surface area contributed by atoms with Crippen LogP contribution in [-0.4, -0.2) is 39.9 Å². The Labute approximate surface area is 245 Å². The van der Waals surface area contributed by atoms with Crippen LogP contribution in [0.3, 0.4) is 0 Å². The number of benzene rings is 4. The first-order chi connectivity index (χ1) is 19.8. The van der Waals surface area contributed by atoms with Crippen LogP contribution in [-0.2, 0) is 19.8 Å². The largest absolute Gasteiger partial charge is 0.324 e. The van der Waals surface area contributed by atoms with E-state index in [4.69, 9.17) is 29.9 Å². The van der Waals surface area contributed by atoms with Crippen LogP contribution < -0.4 is 0 Å². The Kier molecular flexibility index (Phi) is 5.18. The first-order valence-electron chi connectivity index (χ1n) is 13.0. The number of hydrogen-bond donors (Lipinski definition) is 2. The summed E-state index contributed by atoms with van der Waals surface area (Å²) in [6.07, 6.45) is 0. The molecule has 0 radical (unpaired) electrons. The number of nitrogens with zero attached hydrogens (tertiary/aromatic N) is 6. The summed E-state index contributed by atoms with van der Waals surface area (Å²) in [5, 5.41) is 3.82.